The first-order valence-electron chi connectivity index (χ1n) is 3.72. The van der Waals surface area contributed by atoms with Gasteiger partial charge in [0.15, 0.2) is 0 Å². The Bertz CT molecular complexity index is 104. The number of methoxy groups -OCH3 is 1. The summed E-state index contributed by atoms with van der Waals surface area (Å²) in [7, 11) is 3.44. The molecule has 0 spiro atoms. The van der Waals surface area contributed by atoms with Crippen LogP contribution >= 0.6 is 0 Å². The van der Waals surface area contributed by atoms with Crippen molar-refractivity contribution in [3.05, 3.63) is 5.21 Å². The minimum Gasteiger partial charge on any atom is -0.633 e. The van der Waals surface area contributed by atoms with Gasteiger partial charge in [-0.3, -0.25) is 0 Å². The van der Waals surface area contributed by atoms with Crippen molar-refractivity contribution in [3.63, 3.8) is 0 Å². The quantitative estimate of drug-likeness (QED) is 0.402. The smallest absolute Gasteiger partial charge is 0.0807 e. The van der Waals surface area contributed by atoms with E-state index in [1.807, 2.05) is 0 Å². The van der Waals surface area contributed by atoms with Crippen molar-refractivity contribution in [2.45, 2.75) is 18.9 Å². The van der Waals surface area contributed by atoms with Crippen LogP contribution in [0.1, 0.15) is 12.8 Å². The predicted octanol–water partition coefficient (Wildman–Crippen LogP) is 0.740. The molecule has 0 aliphatic carbocycles. The molecule has 0 radical (unpaired) electrons. The Labute approximate surface area is 61.8 Å². The monoisotopic (exact) mass is 145 g/mol. The van der Waals surface area contributed by atoms with Crippen molar-refractivity contribution < 1.29 is 9.38 Å². The third kappa shape index (κ3) is 1.94. The Morgan fingerprint density at radius 3 is 2.30 bits per heavy atom. The van der Waals surface area contributed by atoms with E-state index in [-0.39, 0.29) is 4.65 Å². The van der Waals surface area contributed by atoms with Crippen molar-refractivity contribution >= 4 is 0 Å². The zero-order valence-electron chi connectivity index (χ0n) is 6.67. The minimum atomic E-state index is -0.0835. The maximum absolute atomic E-state index is 11.3. The van der Waals surface area contributed by atoms with Gasteiger partial charge in [0.05, 0.1) is 26.2 Å². The summed E-state index contributed by atoms with van der Waals surface area (Å²) in [6, 6.07) is 0. The van der Waals surface area contributed by atoms with E-state index in [0.717, 1.165) is 12.8 Å². The number of hydrogen-bond donors (Lipinski definition) is 0. The Hall–Kier alpha value is -0.120. The van der Waals surface area contributed by atoms with Gasteiger partial charge in [0.1, 0.15) is 0 Å². The van der Waals surface area contributed by atoms with Crippen molar-refractivity contribution in [1.29, 1.82) is 0 Å². The van der Waals surface area contributed by atoms with E-state index in [9.17, 15) is 5.21 Å². The van der Waals surface area contributed by atoms with Crippen LogP contribution in [0.5, 0.6) is 0 Å². The number of likely N-dealkylation sites (tertiary alicyclic amines) is 1. The lowest BCUT2D eigenvalue weighted by molar-refractivity contribution is -0.866. The number of quaternary nitrogens is 1. The largest absolute Gasteiger partial charge is 0.633 e. The highest BCUT2D eigenvalue weighted by Gasteiger charge is 2.22. The number of piperidine rings is 1. The fourth-order valence-electron chi connectivity index (χ4n) is 1.33. The third-order valence-corrected chi connectivity index (χ3v) is 2.18. The van der Waals surface area contributed by atoms with Crippen LogP contribution < -0.4 is 0 Å². The minimum absolute atomic E-state index is 0.0835. The molecule has 0 N–H and O–H groups in total. The summed E-state index contributed by atoms with van der Waals surface area (Å²) in [6.07, 6.45) is 2.16. The average molecular weight is 145 g/mol. The molecule has 0 bridgehead atoms. The van der Waals surface area contributed by atoms with Crippen molar-refractivity contribution in [3.8, 4) is 0 Å². The van der Waals surface area contributed by atoms with Crippen LogP contribution in [0.2, 0.25) is 0 Å². The van der Waals surface area contributed by atoms with Gasteiger partial charge in [-0.05, 0) is 0 Å². The molecule has 1 rings (SSSR count). The van der Waals surface area contributed by atoms with E-state index in [2.05, 4.69) is 0 Å². The maximum Gasteiger partial charge on any atom is 0.0807 e. The second-order valence-corrected chi connectivity index (χ2v) is 3.18. The summed E-state index contributed by atoms with van der Waals surface area (Å²) in [5.41, 5.74) is 0. The molecule has 1 saturated heterocycles. The van der Waals surface area contributed by atoms with Crippen molar-refractivity contribution in [1.82, 2.24) is 0 Å². The summed E-state index contributed by atoms with van der Waals surface area (Å²) in [4.78, 5) is 0. The van der Waals surface area contributed by atoms with Gasteiger partial charge in [-0.1, -0.05) is 0 Å². The summed E-state index contributed by atoms with van der Waals surface area (Å²) >= 11 is 0. The molecule has 3 nitrogen and oxygen atoms in total. The molecule has 0 aromatic heterocycles. The molecule has 0 aromatic carbocycles. The van der Waals surface area contributed by atoms with Gasteiger partial charge in [0, 0.05) is 20.0 Å². The SMILES string of the molecule is COC1CC[N+](C)([O-])CC1. The predicted molar refractivity (Wildman–Crippen MR) is 39.3 cm³/mol. The summed E-state index contributed by atoms with van der Waals surface area (Å²) < 4.78 is 5.05. The first-order chi connectivity index (χ1) is 4.64. The van der Waals surface area contributed by atoms with Crippen LogP contribution in [0, 0.1) is 5.21 Å². The standard InChI is InChI=1S/C7H15NO2/c1-8(9)5-3-7(10-2)4-6-8/h7H,3-6H2,1-2H3. The highest BCUT2D eigenvalue weighted by molar-refractivity contribution is 4.62. The molecule has 1 aliphatic rings. The Morgan fingerprint density at radius 1 is 1.40 bits per heavy atom. The van der Waals surface area contributed by atoms with Crippen LogP contribution in [0.25, 0.3) is 0 Å². The molecule has 0 unspecified atom stereocenters. The average Bonchev–Trinajstić information content (AvgIpc) is 1.88. The van der Waals surface area contributed by atoms with Gasteiger partial charge in [-0.2, -0.15) is 0 Å². The lowest BCUT2D eigenvalue weighted by Gasteiger charge is -2.43. The summed E-state index contributed by atoms with van der Waals surface area (Å²) in [6.45, 7) is 1.41. The Morgan fingerprint density at radius 2 is 1.90 bits per heavy atom. The summed E-state index contributed by atoms with van der Waals surface area (Å²) in [5, 5.41) is 11.3. The van der Waals surface area contributed by atoms with Crippen LogP contribution in [-0.2, 0) is 4.74 Å². The maximum atomic E-state index is 11.3. The van der Waals surface area contributed by atoms with Crippen LogP contribution in [-0.4, -0.2) is 38.0 Å². The number of ether oxygens (including phenoxy) is 1. The van der Waals surface area contributed by atoms with Crippen LogP contribution in [0.3, 0.4) is 0 Å². The van der Waals surface area contributed by atoms with E-state index in [0.29, 0.717) is 19.2 Å². The normalized spacial score (nSPS) is 41.7. The molecular weight excluding hydrogens is 130 g/mol. The fraction of sp³-hybridized carbons (Fsp3) is 1.00. The van der Waals surface area contributed by atoms with E-state index in [4.69, 9.17) is 4.74 Å². The van der Waals surface area contributed by atoms with Crippen molar-refractivity contribution in [2.24, 2.45) is 0 Å². The molecule has 0 amide bonds. The van der Waals surface area contributed by atoms with Gasteiger partial charge >= 0.3 is 0 Å². The van der Waals surface area contributed by atoms with Gasteiger partial charge in [0.25, 0.3) is 0 Å². The van der Waals surface area contributed by atoms with Gasteiger partial charge in [-0.15, -0.1) is 0 Å². The van der Waals surface area contributed by atoms with Gasteiger partial charge < -0.3 is 14.6 Å². The molecule has 1 fully saturated rings. The lowest BCUT2D eigenvalue weighted by Crippen LogP contribution is -2.46. The first-order valence-corrected chi connectivity index (χ1v) is 3.72. The topological polar surface area (TPSA) is 32.3 Å². The molecule has 10 heavy (non-hydrogen) atoms. The molecule has 0 atom stereocenters. The molecule has 0 aromatic rings. The molecule has 0 saturated carbocycles. The van der Waals surface area contributed by atoms with Crippen molar-refractivity contribution in [2.75, 3.05) is 27.2 Å². The number of hydroxylamine groups is 3. The highest BCUT2D eigenvalue weighted by Crippen LogP contribution is 2.16. The second kappa shape index (κ2) is 2.86. The Kier molecular flexibility index (Phi) is 2.28. The zero-order valence-corrected chi connectivity index (χ0v) is 6.67. The highest BCUT2D eigenvalue weighted by atomic mass is 16.5. The molecule has 1 aliphatic heterocycles. The van der Waals surface area contributed by atoms with Crippen LogP contribution in [0.15, 0.2) is 0 Å². The molecular formula is C7H15NO2. The molecule has 3 heteroatoms. The van der Waals surface area contributed by atoms with E-state index < -0.39 is 0 Å². The van der Waals surface area contributed by atoms with E-state index in [1.54, 1.807) is 14.2 Å². The Balaban J connectivity index is 2.31. The number of nitrogens with zero attached hydrogens (tertiary/aromatic N) is 1. The fourth-order valence-corrected chi connectivity index (χ4v) is 1.33. The number of rotatable bonds is 1. The zero-order chi connectivity index (χ0) is 7.61. The summed E-state index contributed by atoms with van der Waals surface area (Å²) in [5.74, 6) is 0. The molecule has 60 valence electrons. The van der Waals surface area contributed by atoms with Gasteiger partial charge in [0.2, 0.25) is 0 Å². The molecule has 1 heterocycles. The van der Waals surface area contributed by atoms with E-state index >= 15 is 0 Å². The second-order valence-electron chi connectivity index (χ2n) is 3.18. The lowest BCUT2D eigenvalue weighted by atomic mass is 10.1. The number of hydrogen-bond acceptors (Lipinski definition) is 2. The first kappa shape index (κ1) is 7.98. The third-order valence-electron chi connectivity index (χ3n) is 2.18. The van der Waals surface area contributed by atoms with Crippen LogP contribution in [0.4, 0.5) is 0 Å². The van der Waals surface area contributed by atoms with E-state index in [1.165, 1.54) is 0 Å². The van der Waals surface area contributed by atoms with Gasteiger partial charge in [-0.25, -0.2) is 0 Å².